The third-order valence-corrected chi connectivity index (χ3v) is 4.13. The summed E-state index contributed by atoms with van der Waals surface area (Å²) in [5, 5.41) is 34.9. The molecule has 0 saturated carbocycles. The number of carbonyl (C=O) groups is 2. The predicted octanol–water partition coefficient (Wildman–Crippen LogP) is 4.21. The fourth-order valence-electron chi connectivity index (χ4n) is 2.38. The van der Waals surface area contributed by atoms with Gasteiger partial charge in [0, 0.05) is 32.5 Å². The van der Waals surface area contributed by atoms with Crippen molar-refractivity contribution in [3.63, 3.8) is 0 Å². The molecule has 1 aliphatic heterocycles. The topological polar surface area (TPSA) is 152 Å². The Bertz CT molecular complexity index is 798. The van der Waals surface area contributed by atoms with Crippen LogP contribution >= 0.6 is 0 Å². The first-order chi connectivity index (χ1) is 16.4. The van der Waals surface area contributed by atoms with Gasteiger partial charge in [0.25, 0.3) is 0 Å². The van der Waals surface area contributed by atoms with E-state index in [1.165, 1.54) is 0 Å². The molecule has 3 rings (SSSR count). The highest BCUT2D eigenvalue weighted by Crippen LogP contribution is 2.10. The largest absolute Gasteiger partial charge is 0.508 e. The smallest absolute Gasteiger partial charge is 0.508 e. The lowest BCUT2D eigenvalue weighted by Gasteiger charge is -2.09. The van der Waals surface area contributed by atoms with E-state index in [4.69, 9.17) is 25.2 Å². The molecule has 0 unspecified atom stereocenters. The van der Waals surface area contributed by atoms with Gasteiger partial charge in [0.1, 0.15) is 11.5 Å². The average Bonchev–Trinajstić information content (AvgIpc) is 2.84. The van der Waals surface area contributed by atoms with Gasteiger partial charge in [0.05, 0.1) is 26.4 Å². The highest BCUT2D eigenvalue weighted by atomic mass is 16.7. The monoisotopic (exact) mass is 512 g/mol. The summed E-state index contributed by atoms with van der Waals surface area (Å²) < 4.78 is 18.3. The number of rotatable bonds is 8. The van der Waals surface area contributed by atoms with Gasteiger partial charge in [-0.15, -0.1) is 0 Å². The molecule has 0 amide bonds. The zero-order valence-corrected chi connectivity index (χ0v) is 18.9. The van der Waals surface area contributed by atoms with Crippen LogP contribution in [0.3, 0.4) is 0 Å². The van der Waals surface area contributed by atoms with Crippen molar-refractivity contribution in [3.8, 4) is 11.5 Å². The van der Waals surface area contributed by atoms with Crippen molar-refractivity contribution < 1.29 is 49.0 Å². The Hall–Kier alpha value is -3.50. The lowest BCUT2D eigenvalue weighted by atomic mass is 10.1. The summed E-state index contributed by atoms with van der Waals surface area (Å²) in [4.78, 5) is 21.0. The van der Waals surface area contributed by atoms with Crippen molar-refractivity contribution in [3.05, 3.63) is 59.7 Å². The number of hydrogen-bond acceptors (Lipinski definition) is 10. The second-order valence-corrected chi connectivity index (χ2v) is 6.88. The summed E-state index contributed by atoms with van der Waals surface area (Å²) in [6.45, 7) is 1.56. The number of aliphatic hydroxyl groups excluding tert-OH is 2. The number of phenolic OH excluding ortho intramolecular Hbond substituents is 2. The van der Waals surface area contributed by atoms with Crippen molar-refractivity contribution in [2.75, 3.05) is 39.6 Å². The van der Waals surface area contributed by atoms with Crippen molar-refractivity contribution in [1.29, 1.82) is 0 Å². The SMILES string of the molecule is C.C.O=C(OCCCO)OCCc1ccc(O)cc1.O=C1OCCCO1.OCCc1ccc(O)cc1. The van der Waals surface area contributed by atoms with Crippen LogP contribution in [0.5, 0.6) is 11.5 Å². The Labute approximate surface area is 213 Å². The summed E-state index contributed by atoms with van der Waals surface area (Å²) in [5.74, 6) is 0.472. The molecule has 0 aromatic heterocycles. The van der Waals surface area contributed by atoms with E-state index in [1.54, 1.807) is 48.5 Å². The Kier molecular flexibility index (Phi) is 21.2. The number of hydrogen-bond donors (Lipinski definition) is 4. The minimum atomic E-state index is -0.725. The lowest BCUT2D eigenvalue weighted by molar-refractivity contribution is 0.0192. The lowest BCUT2D eigenvalue weighted by Crippen LogP contribution is -2.16. The first kappa shape index (κ1) is 34.7. The number of aliphatic hydroxyl groups is 2. The van der Waals surface area contributed by atoms with Gasteiger partial charge >= 0.3 is 12.3 Å². The van der Waals surface area contributed by atoms with Gasteiger partial charge in [-0.3, -0.25) is 0 Å². The first-order valence-electron chi connectivity index (χ1n) is 10.8. The normalized spacial score (nSPS) is 11.3. The zero-order chi connectivity index (χ0) is 25.0. The van der Waals surface area contributed by atoms with Crippen LogP contribution in [0.1, 0.15) is 38.8 Å². The quantitative estimate of drug-likeness (QED) is 0.299. The molecule has 1 fully saturated rings. The third-order valence-electron chi connectivity index (χ3n) is 4.13. The molecule has 0 bridgehead atoms. The van der Waals surface area contributed by atoms with Gasteiger partial charge in [-0.25, -0.2) is 9.59 Å². The van der Waals surface area contributed by atoms with Crippen molar-refractivity contribution in [2.45, 2.75) is 40.5 Å². The molecule has 4 N–H and O–H groups in total. The van der Waals surface area contributed by atoms with E-state index >= 15 is 0 Å². The second kappa shape index (κ2) is 22.0. The fourth-order valence-corrected chi connectivity index (χ4v) is 2.38. The van der Waals surface area contributed by atoms with Crippen LogP contribution in [0.15, 0.2) is 48.5 Å². The molecule has 2 aromatic rings. The van der Waals surface area contributed by atoms with Crippen LogP contribution in [0, 0.1) is 0 Å². The Balaban J connectivity index is 0. The molecule has 0 spiro atoms. The van der Waals surface area contributed by atoms with Crippen LogP contribution in [0.25, 0.3) is 0 Å². The molecule has 10 nitrogen and oxygen atoms in total. The Morgan fingerprint density at radius 3 is 1.64 bits per heavy atom. The molecule has 1 heterocycles. The summed E-state index contributed by atoms with van der Waals surface area (Å²) in [6.07, 6.45) is 1.19. The average molecular weight is 513 g/mol. The van der Waals surface area contributed by atoms with Crippen molar-refractivity contribution in [1.82, 2.24) is 0 Å². The summed E-state index contributed by atoms with van der Waals surface area (Å²) >= 11 is 0. The van der Waals surface area contributed by atoms with Crippen molar-refractivity contribution in [2.24, 2.45) is 0 Å². The Morgan fingerprint density at radius 1 is 0.750 bits per heavy atom. The maximum absolute atomic E-state index is 11.0. The van der Waals surface area contributed by atoms with Gasteiger partial charge in [0.2, 0.25) is 0 Å². The second-order valence-electron chi connectivity index (χ2n) is 6.88. The van der Waals surface area contributed by atoms with Gasteiger partial charge in [-0.1, -0.05) is 39.1 Å². The summed E-state index contributed by atoms with van der Waals surface area (Å²) in [7, 11) is 0. The minimum Gasteiger partial charge on any atom is -0.508 e. The molecule has 1 aliphatic rings. The molecule has 204 valence electrons. The Morgan fingerprint density at radius 2 is 1.22 bits per heavy atom. The highest BCUT2D eigenvalue weighted by molar-refractivity contribution is 5.60. The number of ether oxygens (including phenoxy) is 4. The molecule has 10 heteroatoms. The molecule has 36 heavy (non-hydrogen) atoms. The maximum Gasteiger partial charge on any atom is 0.508 e. The maximum atomic E-state index is 11.0. The molecule has 0 aliphatic carbocycles. The standard InChI is InChI=1S/C12H16O5.C8H10O2.C4H6O3.2CH4/c13-7-1-8-16-12(15)17-9-6-10-2-4-11(14)5-3-10;9-6-5-7-1-3-8(10)4-2-7;5-4-6-2-1-3-7-4;;/h2-5,13-14H,1,6-9H2;1-4,9-10H,5-6H2;1-3H2;2*1H4. The molecule has 0 radical (unpaired) electrons. The predicted molar refractivity (Wildman–Crippen MR) is 135 cm³/mol. The number of cyclic esters (lactones) is 2. The van der Waals surface area contributed by atoms with Crippen LogP contribution in [0.2, 0.25) is 0 Å². The third kappa shape index (κ3) is 17.9. The summed E-state index contributed by atoms with van der Waals surface area (Å²) in [5.41, 5.74) is 2.01. The number of carbonyl (C=O) groups excluding carboxylic acids is 2. The minimum absolute atomic E-state index is 0. The number of phenols is 2. The van der Waals surface area contributed by atoms with Gasteiger partial charge < -0.3 is 39.4 Å². The van der Waals surface area contributed by atoms with Crippen LogP contribution in [-0.4, -0.2) is 72.4 Å². The van der Waals surface area contributed by atoms with Gasteiger partial charge in [-0.05, 0) is 41.8 Å². The molecular weight excluding hydrogens is 472 g/mol. The number of benzene rings is 2. The van der Waals surface area contributed by atoms with E-state index < -0.39 is 12.3 Å². The molecular formula is C26H40O10. The van der Waals surface area contributed by atoms with E-state index in [-0.39, 0.29) is 52.8 Å². The van der Waals surface area contributed by atoms with Crippen LogP contribution < -0.4 is 0 Å². The van der Waals surface area contributed by atoms with Gasteiger partial charge in [0.15, 0.2) is 0 Å². The zero-order valence-electron chi connectivity index (χ0n) is 18.9. The van der Waals surface area contributed by atoms with E-state index in [1.807, 2.05) is 0 Å². The fraction of sp³-hybridized carbons (Fsp3) is 0.462. The van der Waals surface area contributed by atoms with E-state index in [0.717, 1.165) is 17.5 Å². The number of aromatic hydroxyl groups is 2. The summed E-state index contributed by atoms with van der Waals surface area (Å²) in [6, 6.07) is 13.5. The molecule has 1 saturated heterocycles. The first-order valence-corrected chi connectivity index (χ1v) is 10.8. The molecule has 0 atom stereocenters. The van der Waals surface area contributed by atoms with E-state index in [0.29, 0.717) is 32.5 Å². The van der Waals surface area contributed by atoms with Crippen LogP contribution in [-0.2, 0) is 31.8 Å². The van der Waals surface area contributed by atoms with Gasteiger partial charge in [-0.2, -0.15) is 0 Å². The van der Waals surface area contributed by atoms with E-state index in [2.05, 4.69) is 14.2 Å². The highest BCUT2D eigenvalue weighted by Gasteiger charge is 2.07. The molecule has 2 aromatic carbocycles. The van der Waals surface area contributed by atoms with E-state index in [9.17, 15) is 9.59 Å². The van der Waals surface area contributed by atoms with Crippen LogP contribution in [0.4, 0.5) is 9.59 Å². The van der Waals surface area contributed by atoms with Crippen molar-refractivity contribution >= 4 is 12.3 Å².